The third-order valence-corrected chi connectivity index (χ3v) is 6.66. The Kier molecular flexibility index (Phi) is 6.43. The highest BCUT2D eigenvalue weighted by molar-refractivity contribution is 5.75. The smallest absolute Gasteiger partial charge is 0.131 e. The van der Waals surface area contributed by atoms with E-state index in [9.17, 15) is 4.39 Å². The molecule has 0 radical (unpaired) electrons. The Bertz CT molecular complexity index is 1230. The van der Waals surface area contributed by atoms with E-state index in [1.165, 1.54) is 11.6 Å². The van der Waals surface area contributed by atoms with Crippen LogP contribution in [0.5, 0.6) is 5.75 Å². The number of likely N-dealkylation sites (N-methyl/N-ethyl adjacent to an activating group) is 1. The summed E-state index contributed by atoms with van der Waals surface area (Å²) >= 11 is 0. The molecule has 0 aliphatic carbocycles. The van der Waals surface area contributed by atoms with Gasteiger partial charge in [0.15, 0.2) is 0 Å². The zero-order valence-corrected chi connectivity index (χ0v) is 19.5. The van der Waals surface area contributed by atoms with Crippen LogP contribution in [0.4, 0.5) is 4.39 Å². The molecule has 1 unspecified atom stereocenters. The zero-order chi connectivity index (χ0) is 23.5. The number of piperazine rings is 1. The summed E-state index contributed by atoms with van der Waals surface area (Å²) in [5.41, 5.74) is 5.84. The lowest BCUT2D eigenvalue weighted by atomic mass is 9.93. The first-order chi connectivity index (χ1) is 16.6. The lowest BCUT2D eigenvalue weighted by Crippen LogP contribution is -2.46. The summed E-state index contributed by atoms with van der Waals surface area (Å²) in [6, 6.07) is 21.4. The number of benzene rings is 3. The second kappa shape index (κ2) is 9.79. The average Bonchev–Trinajstić information content (AvgIpc) is 3.40. The second-order valence-electron chi connectivity index (χ2n) is 8.79. The van der Waals surface area contributed by atoms with Gasteiger partial charge in [-0.25, -0.2) is 4.39 Å². The Morgan fingerprint density at radius 3 is 2.24 bits per heavy atom. The van der Waals surface area contributed by atoms with E-state index in [1.54, 1.807) is 19.2 Å². The third-order valence-electron chi connectivity index (χ3n) is 6.66. The fraction of sp³-hybridized carbons (Fsp3) is 0.250. The van der Waals surface area contributed by atoms with Crippen LogP contribution in [-0.4, -0.2) is 60.3 Å². The first-order valence-electron chi connectivity index (χ1n) is 11.6. The van der Waals surface area contributed by atoms with Crippen LogP contribution in [0.1, 0.15) is 17.2 Å². The van der Waals surface area contributed by atoms with E-state index in [2.05, 4.69) is 39.2 Å². The van der Waals surface area contributed by atoms with Crippen molar-refractivity contribution in [1.29, 1.82) is 0 Å². The average molecular weight is 457 g/mol. The maximum atomic E-state index is 14.3. The van der Waals surface area contributed by atoms with E-state index in [-0.39, 0.29) is 11.9 Å². The topological polar surface area (TPSA) is 44.4 Å². The van der Waals surface area contributed by atoms with E-state index >= 15 is 0 Å². The standard InChI is InChI=1S/C28H29FN4O/c1-32-13-15-33(16-14-32)28(23-18-30-31-19-23)22-11-12-27(34-2)25(17-22)21-9-7-20(8-10-21)24-5-3-4-6-26(24)29/h3-12,17-19,28H,13-16H2,1-2H3,(H,30,31). The second-order valence-corrected chi connectivity index (χ2v) is 8.79. The van der Waals surface area contributed by atoms with Crippen LogP contribution in [0.2, 0.25) is 0 Å². The van der Waals surface area contributed by atoms with Crippen molar-refractivity contribution in [2.75, 3.05) is 40.3 Å². The van der Waals surface area contributed by atoms with Gasteiger partial charge in [0.1, 0.15) is 11.6 Å². The predicted octanol–water partition coefficient (Wildman–Crippen LogP) is 5.23. The van der Waals surface area contributed by atoms with Gasteiger partial charge in [0.2, 0.25) is 0 Å². The van der Waals surface area contributed by atoms with Gasteiger partial charge in [-0.05, 0) is 41.9 Å². The molecule has 1 aliphatic rings. The molecular weight excluding hydrogens is 427 g/mol. The van der Waals surface area contributed by atoms with Gasteiger partial charge in [-0.2, -0.15) is 5.10 Å². The predicted molar refractivity (Wildman–Crippen MR) is 133 cm³/mol. The molecule has 0 amide bonds. The molecule has 1 fully saturated rings. The Labute approximate surface area is 199 Å². The number of ether oxygens (including phenoxy) is 1. The number of rotatable bonds is 6. The maximum Gasteiger partial charge on any atom is 0.131 e. The number of H-pyrrole nitrogens is 1. The van der Waals surface area contributed by atoms with Crippen LogP contribution in [0.25, 0.3) is 22.3 Å². The molecule has 1 aromatic heterocycles. The number of hydrogen-bond acceptors (Lipinski definition) is 4. The number of methoxy groups -OCH3 is 1. The number of nitrogens with zero attached hydrogens (tertiary/aromatic N) is 3. The van der Waals surface area contributed by atoms with Crippen LogP contribution in [0, 0.1) is 5.82 Å². The SMILES string of the molecule is COc1ccc(C(c2cn[nH]c2)N2CCN(C)CC2)cc1-c1ccc(-c2ccccc2F)cc1. The molecule has 0 saturated carbocycles. The molecule has 1 aliphatic heterocycles. The van der Waals surface area contributed by atoms with E-state index in [1.807, 2.05) is 48.8 Å². The molecule has 174 valence electrons. The monoisotopic (exact) mass is 456 g/mol. The fourth-order valence-corrected chi connectivity index (χ4v) is 4.75. The van der Waals surface area contributed by atoms with Crippen LogP contribution >= 0.6 is 0 Å². The molecule has 2 heterocycles. The van der Waals surface area contributed by atoms with Gasteiger partial charge in [-0.15, -0.1) is 0 Å². The van der Waals surface area contributed by atoms with E-state index in [0.717, 1.165) is 54.2 Å². The number of aromatic nitrogens is 2. The fourth-order valence-electron chi connectivity index (χ4n) is 4.75. The van der Waals surface area contributed by atoms with Crippen molar-refractivity contribution in [3.8, 4) is 28.0 Å². The molecule has 6 heteroatoms. The Morgan fingerprint density at radius 2 is 1.59 bits per heavy atom. The van der Waals surface area contributed by atoms with E-state index in [4.69, 9.17) is 4.74 Å². The Balaban J connectivity index is 1.52. The minimum absolute atomic E-state index is 0.106. The van der Waals surface area contributed by atoms with Crippen LogP contribution in [-0.2, 0) is 0 Å². The van der Waals surface area contributed by atoms with Gasteiger partial charge < -0.3 is 9.64 Å². The Hall–Kier alpha value is -3.48. The van der Waals surface area contributed by atoms with Gasteiger partial charge in [-0.3, -0.25) is 10.00 Å². The van der Waals surface area contributed by atoms with Gasteiger partial charge >= 0.3 is 0 Å². The molecule has 5 nitrogen and oxygen atoms in total. The third kappa shape index (κ3) is 4.47. The molecule has 1 saturated heterocycles. The summed E-state index contributed by atoms with van der Waals surface area (Å²) in [5.74, 6) is 0.594. The number of hydrogen-bond donors (Lipinski definition) is 1. The molecule has 1 atom stereocenters. The quantitative estimate of drug-likeness (QED) is 0.432. The molecule has 5 rings (SSSR count). The van der Waals surface area contributed by atoms with Crippen molar-refractivity contribution in [3.05, 3.63) is 96.1 Å². The normalized spacial score (nSPS) is 15.9. The largest absolute Gasteiger partial charge is 0.496 e. The van der Waals surface area contributed by atoms with Gasteiger partial charge in [0.25, 0.3) is 0 Å². The highest BCUT2D eigenvalue weighted by Gasteiger charge is 2.27. The molecule has 1 N–H and O–H groups in total. The Morgan fingerprint density at radius 1 is 0.882 bits per heavy atom. The summed E-state index contributed by atoms with van der Waals surface area (Å²) in [6.45, 7) is 4.06. The number of halogens is 1. The minimum Gasteiger partial charge on any atom is -0.496 e. The molecule has 3 aromatic carbocycles. The van der Waals surface area contributed by atoms with Gasteiger partial charge in [-0.1, -0.05) is 48.5 Å². The summed E-state index contributed by atoms with van der Waals surface area (Å²) in [4.78, 5) is 4.87. The molecule has 34 heavy (non-hydrogen) atoms. The van der Waals surface area contributed by atoms with Crippen LogP contribution in [0.15, 0.2) is 79.1 Å². The van der Waals surface area contributed by atoms with Crippen molar-refractivity contribution in [2.45, 2.75) is 6.04 Å². The summed E-state index contributed by atoms with van der Waals surface area (Å²) in [7, 11) is 3.86. The van der Waals surface area contributed by atoms with Crippen LogP contribution in [0.3, 0.4) is 0 Å². The highest BCUT2D eigenvalue weighted by Crippen LogP contribution is 2.37. The zero-order valence-electron chi connectivity index (χ0n) is 19.5. The van der Waals surface area contributed by atoms with Gasteiger partial charge in [0, 0.05) is 49.1 Å². The van der Waals surface area contributed by atoms with Crippen molar-refractivity contribution < 1.29 is 9.13 Å². The summed E-state index contributed by atoms with van der Waals surface area (Å²) < 4.78 is 20.0. The van der Waals surface area contributed by atoms with Crippen LogP contribution < -0.4 is 4.74 Å². The van der Waals surface area contributed by atoms with Crippen molar-refractivity contribution in [1.82, 2.24) is 20.0 Å². The minimum atomic E-state index is -0.218. The first kappa shape index (κ1) is 22.3. The van der Waals surface area contributed by atoms with Crippen molar-refractivity contribution >= 4 is 0 Å². The van der Waals surface area contributed by atoms with Crippen molar-refractivity contribution in [2.24, 2.45) is 0 Å². The number of nitrogens with one attached hydrogen (secondary N) is 1. The molecule has 0 spiro atoms. The lowest BCUT2D eigenvalue weighted by Gasteiger charge is -2.38. The molecule has 0 bridgehead atoms. The molecular formula is C28H29FN4O. The van der Waals surface area contributed by atoms with Gasteiger partial charge in [0.05, 0.1) is 19.3 Å². The summed E-state index contributed by atoms with van der Waals surface area (Å²) in [5, 5.41) is 7.20. The first-order valence-corrected chi connectivity index (χ1v) is 11.6. The molecule has 4 aromatic rings. The van der Waals surface area contributed by atoms with E-state index in [0.29, 0.717) is 5.56 Å². The van der Waals surface area contributed by atoms with Crippen molar-refractivity contribution in [3.63, 3.8) is 0 Å². The number of aromatic amines is 1. The maximum absolute atomic E-state index is 14.3. The lowest BCUT2D eigenvalue weighted by molar-refractivity contribution is 0.127. The summed E-state index contributed by atoms with van der Waals surface area (Å²) in [6.07, 6.45) is 3.90. The highest BCUT2D eigenvalue weighted by atomic mass is 19.1. The van der Waals surface area contributed by atoms with E-state index < -0.39 is 0 Å².